The Kier molecular flexibility index (Phi) is 5.75. The van der Waals surface area contributed by atoms with Crippen LogP contribution >= 0.6 is 0 Å². The second kappa shape index (κ2) is 6.89. The largest absolute Gasteiger partial charge is 0.348 e. The number of amides is 1. The fourth-order valence-corrected chi connectivity index (χ4v) is 2.15. The maximum atomic E-state index is 12.2. The molecule has 1 rings (SSSR count). The average Bonchev–Trinajstić information content (AvgIpc) is 2.38. The number of hydrogen-bond acceptors (Lipinski definition) is 2. The van der Waals surface area contributed by atoms with Gasteiger partial charge in [-0.05, 0) is 44.4 Å². The number of carbonyl (C=O) groups is 1. The third-order valence-corrected chi connectivity index (χ3v) is 3.64. The molecule has 0 fully saturated rings. The van der Waals surface area contributed by atoms with Gasteiger partial charge in [-0.1, -0.05) is 45.0 Å². The highest BCUT2D eigenvalue weighted by Gasteiger charge is 2.27. The molecule has 0 radical (unpaired) electrons. The van der Waals surface area contributed by atoms with Crippen LogP contribution in [0.3, 0.4) is 0 Å². The van der Waals surface area contributed by atoms with Crippen LogP contribution in [-0.4, -0.2) is 18.0 Å². The summed E-state index contributed by atoms with van der Waals surface area (Å²) in [5, 5.41) is 6.26. The minimum absolute atomic E-state index is 0.0154. The van der Waals surface area contributed by atoms with E-state index in [9.17, 15) is 4.79 Å². The molecule has 1 unspecified atom stereocenters. The number of benzene rings is 1. The monoisotopic (exact) mass is 276 g/mol. The Labute approximate surface area is 123 Å². The Bertz CT molecular complexity index is 435. The first-order valence-corrected chi connectivity index (χ1v) is 7.43. The van der Waals surface area contributed by atoms with Crippen molar-refractivity contribution >= 4 is 5.91 Å². The van der Waals surface area contributed by atoms with Crippen molar-refractivity contribution in [2.24, 2.45) is 0 Å². The van der Waals surface area contributed by atoms with E-state index in [4.69, 9.17) is 0 Å². The van der Waals surface area contributed by atoms with Crippen molar-refractivity contribution in [2.75, 3.05) is 6.54 Å². The molecule has 0 bridgehead atoms. The summed E-state index contributed by atoms with van der Waals surface area (Å²) in [7, 11) is 0. The van der Waals surface area contributed by atoms with Gasteiger partial charge in [0.15, 0.2) is 0 Å². The molecule has 0 aliphatic heterocycles. The molecular weight excluding hydrogens is 248 g/mol. The Morgan fingerprint density at radius 3 is 2.05 bits per heavy atom. The highest BCUT2D eigenvalue weighted by Crippen LogP contribution is 2.19. The molecule has 0 saturated carbocycles. The first-order valence-electron chi connectivity index (χ1n) is 7.43. The van der Waals surface area contributed by atoms with Crippen LogP contribution in [0.4, 0.5) is 0 Å². The van der Waals surface area contributed by atoms with Gasteiger partial charge >= 0.3 is 0 Å². The SMILES string of the molecule is CCNC(C)(C)C(=O)NC(C)c1ccc(C(C)C)cc1. The van der Waals surface area contributed by atoms with Gasteiger partial charge in [0, 0.05) is 0 Å². The van der Waals surface area contributed by atoms with Gasteiger partial charge in [0.25, 0.3) is 0 Å². The van der Waals surface area contributed by atoms with Crippen LogP contribution in [0.2, 0.25) is 0 Å². The summed E-state index contributed by atoms with van der Waals surface area (Å²) in [4.78, 5) is 12.2. The Balaban J connectivity index is 2.71. The van der Waals surface area contributed by atoms with Crippen LogP contribution in [-0.2, 0) is 4.79 Å². The predicted molar refractivity (Wildman–Crippen MR) is 84.8 cm³/mol. The molecule has 3 heteroatoms. The Morgan fingerprint density at radius 1 is 1.10 bits per heavy atom. The Morgan fingerprint density at radius 2 is 1.60 bits per heavy atom. The standard InChI is InChI=1S/C17H28N2O/c1-7-18-17(5,6)16(20)19-13(4)15-10-8-14(9-11-15)12(2)3/h8-13,18H,7H2,1-6H3,(H,19,20). The van der Waals surface area contributed by atoms with Crippen molar-refractivity contribution in [1.29, 1.82) is 0 Å². The van der Waals surface area contributed by atoms with E-state index >= 15 is 0 Å². The van der Waals surface area contributed by atoms with Crippen molar-refractivity contribution < 1.29 is 4.79 Å². The van der Waals surface area contributed by atoms with Crippen molar-refractivity contribution in [3.8, 4) is 0 Å². The lowest BCUT2D eigenvalue weighted by molar-refractivity contribution is -0.127. The number of nitrogens with one attached hydrogen (secondary N) is 2. The van der Waals surface area contributed by atoms with E-state index in [0.29, 0.717) is 5.92 Å². The number of likely N-dealkylation sites (N-methyl/N-ethyl adjacent to an activating group) is 1. The molecule has 0 aromatic heterocycles. The highest BCUT2D eigenvalue weighted by atomic mass is 16.2. The summed E-state index contributed by atoms with van der Waals surface area (Å²) >= 11 is 0. The van der Waals surface area contributed by atoms with E-state index in [1.165, 1.54) is 5.56 Å². The second-order valence-electron chi connectivity index (χ2n) is 6.17. The molecule has 0 aliphatic rings. The fourth-order valence-electron chi connectivity index (χ4n) is 2.15. The van der Waals surface area contributed by atoms with Gasteiger partial charge in [-0.2, -0.15) is 0 Å². The predicted octanol–water partition coefficient (Wildman–Crippen LogP) is 3.38. The van der Waals surface area contributed by atoms with Crippen LogP contribution in [0, 0.1) is 0 Å². The van der Waals surface area contributed by atoms with Crippen molar-refractivity contribution in [2.45, 2.75) is 59.0 Å². The minimum Gasteiger partial charge on any atom is -0.348 e. The molecular formula is C17H28N2O. The molecule has 1 aromatic rings. The molecule has 20 heavy (non-hydrogen) atoms. The van der Waals surface area contributed by atoms with Crippen molar-refractivity contribution in [1.82, 2.24) is 10.6 Å². The lowest BCUT2D eigenvalue weighted by atomic mass is 9.98. The van der Waals surface area contributed by atoms with Gasteiger partial charge in [0.2, 0.25) is 5.91 Å². The van der Waals surface area contributed by atoms with E-state index < -0.39 is 5.54 Å². The molecule has 0 aliphatic carbocycles. The second-order valence-corrected chi connectivity index (χ2v) is 6.17. The molecule has 0 heterocycles. The minimum atomic E-state index is -0.541. The van der Waals surface area contributed by atoms with Crippen molar-refractivity contribution in [3.63, 3.8) is 0 Å². The smallest absolute Gasteiger partial charge is 0.240 e. The van der Waals surface area contributed by atoms with Crippen molar-refractivity contribution in [3.05, 3.63) is 35.4 Å². The average molecular weight is 276 g/mol. The lowest BCUT2D eigenvalue weighted by Crippen LogP contribution is -2.52. The Hall–Kier alpha value is -1.35. The third kappa shape index (κ3) is 4.34. The molecule has 2 N–H and O–H groups in total. The molecule has 0 spiro atoms. The van der Waals surface area contributed by atoms with Gasteiger partial charge in [-0.3, -0.25) is 4.79 Å². The van der Waals surface area contributed by atoms with Gasteiger partial charge in [-0.15, -0.1) is 0 Å². The highest BCUT2D eigenvalue weighted by molar-refractivity contribution is 5.85. The summed E-state index contributed by atoms with van der Waals surface area (Å²) in [6, 6.07) is 8.48. The maximum absolute atomic E-state index is 12.2. The van der Waals surface area contributed by atoms with Crippen LogP contribution in [0.15, 0.2) is 24.3 Å². The molecule has 1 amide bonds. The number of rotatable bonds is 6. The lowest BCUT2D eigenvalue weighted by Gasteiger charge is -2.27. The zero-order valence-electron chi connectivity index (χ0n) is 13.6. The summed E-state index contributed by atoms with van der Waals surface area (Å²) in [5.74, 6) is 0.557. The van der Waals surface area contributed by atoms with Crippen LogP contribution in [0.1, 0.15) is 64.6 Å². The van der Waals surface area contributed by atoms with E-state index in [-0.39, 0.29) is 11.9 Å². The van der Waals surface area contributed by atoms with E-state index in [2.05, 4.69) is 48.7 Å². The van der Waals surface area contributed by atoms with Gasteiger partial charge in [0.1, 0.15) is 0 Å². The van der Waals surface area contributed by atoms with E-state index in [1.54, 1.807) is 0 Å². The van der Waals surface area contributed by atoms with E-state index in [0.717, 1.165) is 12.1 Å². The summed E-state index contributed by atoms with van der Waals surface area (Å²) in [6.45, 7) is 13.0. The number of carbonyl (C=O) groups excluding carboxylic acids is 1. The molecule has 112 valence electrons. The van der Waals surface area contributed by atoms with Crippen LogP contribution in [0.25, 0.3) is 0 Å². The topological polar surface area (TPSA) is 41.1 Å². The van der Waals surface area contributed by atoms with Gasteiger partial charge in [0.05, 0.1) is 11.6 Å². The zero-order chi connectivity index (χ0) is 15.3. The quantitative estimate of drug-likeness (QED) is 0.836. The molecule has 0 saturated heterocycles. The maximum Gasteiger partial charge on any atom is 0.240 e. The molecule has 1 atom stereocenters. The van der Waals surface area contributed by atoms with E-state index in [1.807, 2.05) is 27.7 Å². The fraction of sp³-hybridized carbons (Fsp3) is 0.588. The first-order chi connectivity index (χ1) is 9.27. The molecule has 1 aromatic carbocycles. The van der Waals surface area contributed by atoms with Crippen LogP contribution in [0.5, 0.6) is 0 Å². The molecule has 3 nitrogen and oxygen atoms in total. The summed E-state index contributed by atoms with van der Waals surface area (Å²) in [6.07, 6.45) is 0. The number of hydrogen-bond donors (Lipinski definition) is 2. The summed E-state index contributed by atoms with van der Waals surface area (Å²) < 4.78 is 0. The third-order valence-electron chi connectivity index (χ3n) is 3.64. The normalized spacial score (nSPS) is 13.3. The van der Waals surface area contributed by atoms with Gasteiger partial charge < -0.3 is 10.6 Å². The zero-order valence-corrected chi connectivity index (χ0v) is 13.6. The van der Waals surface area contributed by atoms with Crippen LogP contribution < -0.4 is 10.6 Å². The first kappa shape index (κ1) is 16.7. The summed E-state index contributed by atoms with van der Waals surface area (Å²) in [5.41, 5.74) is 1.91. The van der Waals surface area contributed by atoms with Gasteiger partial charge in [-0.25, -0.2) is 0 Å².